The standard InChI is InChI=1S/C25H22IOP/c1-20-17-18-25(24(27)19-20)28(26,21-11-5-2-6-12-21,22-13-7-3-8-14-22)23-15-9-4-10-16-23/h2-19,27H,1H3. The zero-order valence-corrected chi connectivity index (χ0v) is 18.7. The summed E-state index contributed by atoms with van der Waals surface area (Å²) in [4.78, 5) is 0. The van der Waals surface area contributed by atoms with Gasteiger partial charge in [-0.1, -0.05) is 0 Å². The van der Waals surface area contributed by atoms with Crippen molar-refractivity contribution in [1.82, 2.24) is 0 Å². The minimum absolute atomic E-state index is 0.351. The molecule has 140 valence electrons. The van der Waals surface area contributed by atoms with Gasteiger partial charge in [0.25, 0.3) is 0 Å². The summed E-state index contributed by atoms with van der Waals surface area (Å²) in [5.74, 6) is 0.351. The average molecular weight is 496 g/mol. The van der Waals surface area contributed by atoms with Gasteiger partial charge in [-0.25, -0.2) is 0 Å². The monoisotopic (exact) mass is 496 g/mol. The Morgan fingerprint density at radius 2 is 1.00 bits per heavy atom. The van der Waals surface area contributed by atoms with Crippen LogP contribution in [0.3, 0.4) is 0 Å². The summed E-state index contributed by atoms with van der Waals surface area (Å²) in [6.07, 6.45) is 0. The molecule has 1 N–H and O–H groups in total. The zero-order valence-electron chi connectivity index (χ0n) is 15.7. The molecule has 0 aliphatic carbocycles. The van der Waals surface area contributed by atoms with Crippen LogP contribution in [0.5, 0.6) is 5.75 Å². The van der Waals surface area contributed by atoms with Crippen LogP contribution >= 0.6 is 26.3 Å². The second-order valence-corrected chi connectivity index (χ2v) is 16.8. The van der Waals surface area contributed by atoms with E-state index >= 15 is 0 Å². The minimum atomic E-state index is -3.17. The van der Waals surface area contributed by atoms with Gasteiger partial charge in [0, 0.05) is 0 Å². The average Bonchev–Trinajstić information content (AvgIpc) is 2.75. The molecule has 0 aromatic heterocycles. The quantitative estimate of drug-likeness (QED) is 0.304. The number of hydrogen-bond acceptors (Lipinski definition) is 1. The fraction of sp³-hybridized carbons (Fsp3) is 0.0400. The number of aryl methyl sites for hydroxylation is 1. The van der Waals surface area contributed by atoms with Crippen LogP contribution in [0.15, 0.2) is 109 Å². The van der Waals surface area contributed by atoms with Crippen molar-refractivity contribution in [3.8, 4) is 5.75 Å². The summed E-state index contributed by atoms with van der Waals surface area (Å²) in [5, 5.41) is 15.9. The molecule has 0 saturated heterocycles. The van der Waals surface area contributed by atoms with Gasteiger partial charge in [-0.3, -0.25) is 0 Å². The Bertz CT molecular complexity index is 996. The van der Waals surface area contributed by atoms with Gasteiger partial charge in [-0.05, 0) is 0 Å². The first-order valence-electron chi connectivity index (χ1n) is 9.26. The molecule has 0 atom stereocenters. The molecule has 0 spiro atoms. The van der Waals surface area contributed by atoms with Gasteiger partial charge in [-0.2, -0.15) is 0 Å². The fourth-order valence-electron chi connectivity index (χ4n) is 3.98. The molecular weight excluding hydrogens is 474 g/mol. The number of benzene rings is 4. The summed E-state index contributed by atoms with van der Waals surface area (Å²) in [7, 11) is 0. The molecule has 0 aliphatic heterocycles. The summed E-state index contributed by atoms with van der Waals surface area (Å²) in [6, 6.07) is 38.0. The third kappa shape index (κ3) is 2.78. The fourth-order valence-corrected chi connectivity index (χ4v) is 12.9. The van der Waals surface area contributed by atoms with Crippen molar-refractivity contribution in [2.24, 2.45) is 0 Å². The molecule has 28 heavy (non-hydrogen) atoms. The van der Waals surface area contributed by atoms with Crippen LogP contribution < -0.4 is 21.2 Å². The van der Waals surface area contributed by atoms with Crippen molar-refractivity contribution in [1.29, 1.82) is 0 Å². The van der Waals surface area contributed by atoms with Crippen LogP contribution in [0.4, 0.5) is 0 Å². The molecule has 0 radical (unpaired) electrons. The number of rotatable bonds is 4. The van der Waals surface area contributed by atoms with E-state index in [2.05, 4.69) is 107 Å². The molecule has 4 rings (SSSR count). The third-order valence-electron chi connectivity index (χ3n) is 5.31. The molecule has 4 aromatic carbocycles. The van der Waals surface area contributed by atoms with Crippen molar-refractivity contribution >= 4 is 47.5 Å². The summed E-state index contributed by atoms with van der Waals surface area (Å²) in [6.45, 7) is 2.01. The molecule has 0 amide bonds. The van der Waals surface area contributed by atoms with E-state index < -0.39 is 4.25 Å². The summed E-state index contributed by atoms with van der Waals surface area (Å²) < 4.78 is -3.17. The normalized spacial score (nSPS) is 12.9. The zero-order chi connectivity index (χ0) is 19.6. The summed E-state index contributed by atoms with van der Waals surface area (Å²) >= 11 is 2.68. The molecule has 0 fully saturated rings. The first-order valence-corrected chi connectivity index (χ1v) is 14.3. The molecule has 0 unspecified atom stereocenters. The van der Waals surface area contributed by atoms with Crippen LogP contribution in [0.2, 0.25) is 0 Å². The van der Waals surface area contributed by atoms with Crippen LogP contribution in [0.1, 0.15) is 5.56 Å². The van der Waals surface area contributed by atoms with E-state index in [0.717, 1.165) is 10.9 Å². The Hall–Kier alpha value is -2.16. The maximum absolute atomic E-state index is 11.2. The van der Waals surface area contributed by atoms with E-state index in [4.69, 9.17) is 0 Å². The van der Waals surface area contributed by atoms with Gasteiger partial charge in [0.1, 0.15) is 0 Å². The number of phenols is 1. The second-order valence-electron chi connectivity index (χ2n) is 7.01. The second kappa shape index (κ2) is 7.35. The van der Waals surface area contributed by atoms with E-state index in [1.807, 2.05) is 31.2 Å². The predicted octanol–water partition coefficient (Wildman–Crippen LogP) is 5.21. The number of aromatic hydroxyl groups is 1. The SMILES string of the molecule is Cc1ccc(P(I)(c2ccccc2)(c2ccccc2)c2ccccc2)c(O)c1. The van der Waals surface area contributed by atoms with Gasteiger partial charge < -0.3 is 0 Å². The Labute approximate surface area is 179 Å². The van der Waals surface area contributed by atoms with Gasteiger partial charge in [0.2, 0.25) is 0 Å². The van der Waals surface area contributed by atoms with Crippen molar-refractivity contribution in [2.45, 2.75) is 6.92 Å². The van der Waals surface area contributed by atoms with E-state index in [-0.39, 0.29) is 0 Å². The van der Waals surface area contributed by atoms with Crippen molar-refractivity contribution in [3.05, 3.63) is 115 Å². The molecule has 1 nitrogen and oxygen atoms in total. The Morgan fingerprint density at radius 3 is 1.36 bits per heavy atom. The first kappa shape index (κ1) is 19.2. The van der Waals surface area contributed by atoms with E-state index in [9.17, 15) is 5.11 Å². The number of halogens is 1. The van der Waals surface area contributed by atoms with Crippen molar-refractivity contribution in [3.63, 3.8) is 0 Å². The molecule has 0 saturated carbocycles. The van der Waals surface area contributed by atoms with E-state index in [1.165, 1.54) is 15.9 Å². The predicted molar refractivity (Wildman–Crippen MR) is 132 cm³/mol. The summed E-state index contributed by atoms with van der Waals surface area (Å²) in [5.41, 5.74) is 1.05. The van der Waals surface area contributed by atoms with Crippen molar-refractivity contribution in [2.75, 3.05) is 0 Å². The Balaban J connectivity index is 2.26. The van der Waals surface area contributed by atoms with Gasteiger partial charge in [0.05, 0.1) is 0 Å². The molecule has 0 heterocycles. The topological polar surface area (TPSA) is 20.2 Å². The van der Waals surface area contributed by atoms with Crippen LogP contribution in [0, 0.1) is 6.92 Å². The Morgan fingerprint density at radius 1 is 0.607 bits per heavy atom. The van der Waals surface area contributed by atoms with Crippen molar-refractivity contribution < 1.29 is 5.11 Å². The number of hydrogen-bond donors (Lipinski definition) is 1. The van der Waals surface area contributed by atoms with Gasteiger partial charge in [-0.15, -0.1) is 0 Å². The van der Waals surface area contributed by atoms with E-state index in [0.29, 0.717) is 5.75 Å². The van der Waals surface area contributed by atoms with Gasteiger partial charge >= 0.3 is 180 Å². The van der Waals surface area contributed by atoms with E-state index in [1.54, 1.807) is 0 Å². The third-order valence-corrected chi connectivity index (χ3v) is 17.0. The Kier molecular flexibility index (Phi) is 5.03. The van der Waals surface area contributed by atoms with Crippen LogP contribution in [0.25, 0.3) is 0 Å². The van der Waals surface area contributed by atoms with Crippen LogP contribution in [-0.4, -0.2) is 5.11 Å². The maximum atomic E-state index is 11.2. The van der Waals surface area contributed by atoms with Gasteiger partial charge in [0.15, 0.2) is 0 Å². The molecular formula is C25H22IOP. The van der Waals surface area contributed by atoms with Crippen LogP contribution in [-0.2, 0) is 0 Å². The molecule has 0 bridgehead atoms. The number of phenolic OH excluding ortho intramolecular Hbond substituents is 1. The molecule has 3 heteroatoms. The molecule has 4 aromatic rings. The first-order chi connectivity index (χ1) is 13.6. The molecule has 0 aliphatic rings.